The molecule has 0 unspecified atom stereocenters. The Morgan fingerprint density at radius 2 is 1.81 bits per heavy atom. The number of aromatic nitrogens is 1. The molecule has 0 saturated carbocycles. The third-order valence-corrected chi connectivity index (χ3v) is 3.13. The predicted molar refractivity (Wildman–Crippen MR) is 62.9 cm³/mol. The third-order valence-electron chi connectivity index (χ3n) is 2.52. The van der Waals surface area contributed by atoms with Gasteiger partial charge in [0.2, 0.25) is 11.8 Å². The van der Waals surface area contributed by atoms with Crippen LogP contribution in [0.25, 0.3) is 0 Å². The Kier molecular flexibility index (Phi) is 3.33. The van der Waals surface area contributed by atoms with E-state index in [-0.39, 0.29) is 11.8 Å². The van der Waals surface area contributed by atoms with Crippen molar-refractivity contribution in [3.8, 4) is 0 Å². The van der Waals surface area contributed by atoms with Crippen LogP contribution in [-0.4, -0.2) is 16.8 Å². The molecule has 5 heteroatoms. The summed E-state index contributed by atoms with van der Waals surface area (Å²) in [6.45, 7) is 0. The maximum Gasteiger partial charge on any atom is 0.233 e. The van der Waals surface area contributed by atoms with Crippen molar-refractivity contribution >= 4 is 33.4 Å². The number of anilines is 1. The molecule has 4 nitrogen and oxygen atoms in total. The van der Waals surface area contributed by atoms with Gasteiger partial charge in [0.05, 0.1) is 10.2 Å². The van der Waals surface area contributed by atoms with Gasteiger partial charge in [-0.25, -0.2) is 4.90 Å². The highest BCUT2D eigenvalue weighted by Gasteiger charge is 2.26. The second-order valence-electron chi connectivity index (χ2n) is 3.66. The Balaban J connectivity index is 2.40. The van der Waals surface area contributed by atoms with Crippen LogP contribution in [0.2, 0.25) is 0 Å². The second-order valence-corrected chi connectivity index (χ2v) is 4.51. The Hall–Kier alpha value is -1.23. The van der Waals surface area contributed by atoms with E-state index in [1.54, 1.807) is 18.5 Å². The number of hydrogen-bond acceptors (Lipinski definition) is 3. The van der Waals surface area contributed by atoms with Crippen molar-refractivity contribution in [2.24, 2.45) is 0 Å². The van der Waals surface area contributed by atoms with E-state index in [1.807, 2.05) is 0 Å². The highest BCUT2D eigenvalue weighted by molar-refractivity contribution is 9.10. The molecule has 84 valence electrons. The summed E-state index contributed by atoms with van der Waals surface area (Å²) in [5, 5.41) is 0. The average molecular weight is 283 g/mol. The molecule has 1 aliphatic heterocycles. The molecule has 2 amide bonds. The minimum atomic E-state index is -0.130. The molecule has 1 aromatic rings. The summed E-state index contributed by atoms with van der Waals surface area (Å²) in [6.07, 6.45) is 5.58. The van der Waals surface area contributed by atoms with Crippen molar-refractivity contribution in [3.05, 3.63) is 22.9 Å². The van der Waals surface area contributed by atoms with Gasteiger partial charge >= 0.3 is 0 Å². The second kappa shape index (κ2) is 4.74. The fourth-order valence-corrected chi connectivity index (χ4v) is 2.16. The molecular formula is C11H11BrN2O2. The highest BCUT2D eigenvalue weighted by Crippen LogP contribution is 2.28. The number of amides is 2. The Morgan fingerprint density at radius 1 is 1.19 bits per heavy atom. The van der Waals surface area contributed by atoms with Crippen LogP contribution in [0.4, 0.5) is 5.69 Å². The van der Waals surface area contributed by atoms with E-state index < -0.39 is 0 Å². The standard InChI is InChI=1S/C11H11BrN2O2/c12-8-7-13-6-5-9(8)14-10(15)3-1-2-4-11(14)16/h5-7H,1-4H2. The largest absolute Gasteiger partial charge is 0.274 e. The number of carbonyl (C=O) groups excluding carboxylic acids is 2. The van der Waals surface area contributed by atoms with Crippen LogP contribution in [-0.2, 0) is 9.59 Å². The van der Waals surface area contributed by atoms with Gasteiger partial charge in [-0.1, -0.05) is 0 Å². The van der Waals surface area contributed by atoms with E-state index in [0.29, 0.717) is 23.0 Å². The Bertz CT molecular complexity index is 416. The third kappa shape index (κ3) is 2.14. The zero-order valence-corrected chi connectivity index (χ0v) is 10.2. The van der Waals surface area contributed by atoms with Crippen LogP contribution in [0.5, 0.6) is 0 Å². The number of hydrogen-bond donors (Lipinski definition) is 0. The van der Waals surface area contributed by atoms with Gasteiger partial charge in [-0.05, 0) is 34.8 Å². The highest BCUT2D eigenvalue weighted by atomic mass is 79.9. The van der Waals surface area contributed by atoms with Gasteiger partial charge in [0, 0.05) is 25.2 Å². The number of imide groups is 1. The van der Waals surface area contributed by atoms with Gasteiger partial charge in [0.25, 0.3) is 0 Å². The molecule has 0 bridgehead atoms. The summed E-state index contributed by atoms with van der Waals surface area (Å²) in [5.74, 6) is -0.260. The van der Waals surface area contributed by atoms with Gasteiger partial charge in [-0.3, -0.25) is 14.6 Å². The lowest BCUT2D eigenvalue weighted by atomic mass is 10.2. The molecule has 1 fully saturated rings. The summed E-state index contributed by atoms with van der Waals surface area (Å²) in [6, 6.07) is 1.67. The molecule has 1 aliphatic rings. The molecule has 2 rings (SSSR count). The predicted octanol–water partition coefficient (Wildman–Crippen LogP) is 2.28. The average Bonchev–Trinajstić information content (AvgIpc) is 2.42. The summed E-state index contributed by atoms with van der Waals surface area (Å²) < 4.78 is 0.665. The van der Waals surface area contributed by atoms with Crippen molar-refractivity contribution in [1.82, 2.24) is 4.98 Å². The molecule has 0 N–H and O–H groups in total. The monoisotopic (exact) mass is 282 g/mol. The smallest absolute Gasteiger partial charge is 0.233 e. The van der Waals surface area contributed by atoms with Crippen LogP contribution in [0.15, 0.2) is 22.9 Å². The van der Waals surface area contributed by atoms with E-state index in [2.05, 4.69) is 20.9 Å². The molecule has 2 heterocycles. The fourth-order valence-electron chi connectivity index (χ4n) is 1.73. The van der Waals surface area contributed by atoms with Crippen LogP contribution < -0.4 is 4.90 Å². The first-order valence-electron chi connectivity index (χ1n) is 5.15. The van der Waals surface area contributed by atoms with E-state index in [0.717, 1.165) is 12.8 Å². The minimum Gasteiger partial charge on any atom is -0.274 e. The van der Waals surface area contributed by atoms with Crippen molar-refractivity contribution < 1.29 is 9.59 Å². The van der Waals surface area contributed by atoms with Crippen molar-refractivity contribution in [2.75, 3.05) is 4.90 Å². The number of pyridine rings is 1. The van der Waals surface area contributed by atoms with Crippen molar-refractivity contribution in [1.29, 1.82) is 0 Å². The van der Waals surface area contributed by atoms with Gasteiger partial charge < -0.3 is 0 Å². The quantitative estimate of drug-likeness (QED) is 0.743. The number of carbonyl (C=O) groups is 2. The first-order chi connectivity index (χ1) is 7.70. The summed E-state index contributed by atoms with van der Waals surface area (Å²) in [4.78, 5) is 28.9. The summed E-state index contributed by atoms with van der Waals surface area (Å²) in [5.41, 5.74) is 0.590. The first-order valence-corrected chi connectivity index (χ1v) is 5.95. The Morgan fingerprint density at radius 3 is 2.38 bits per heavy atom. The van der Waals surface area contributed by atoms with Gasteiger partial charge in [0.1, 0.15) is 0 Å². The zero-order valence-electron chi connectivity index (χ0n) is 8.65. The van der Waals surface area contributed by atoms with Gasteiger partial charge in [-0.2, -0.15) is 0 Å². The van der Waals surface area contributed by atoms with Crippen molar-refractivity contribution in [2.45, 2.75) is 25.7 Å². The van der Waals surface area contributed by atoms with Crippen LogP contribution in [0.3, 0.4) is 0 Å². The Labute approximate surface area is 102 Å². The minimum absolute atomic E-state index is 0.130. The number of halogens is 1. The maximum atomic E-state index is 11.8. The lowest BCUT2D eigenvalue weighted by Crippen LogP contribution is -2.35. The molecular weight excluding hydrogens is 272 g/mol. The summed E-state index contributed by atoms with van der Waals surface area (Å²) >= 11 is 3.30. The summed E-state index contributed by atoms with van der Waals surface area (Å²) in [7, 11) is 0. The molecule has 0 radical (unpaired) electrons. The molecule has 0 aromatic carbocycles. The van der Waals surface area contributed by atoms with Crippen molar-refractivity contribution in [3.63, 3.8) is 0 Å². The SMILES string of the molecule is O=C1CCCCC(=O)N1c1ccncc1Br. The van der Waals surface area contributed by atoms with Crippen LogP contribution in [0.1, 0.15) is 25.7 Å². The molecule has 0 spiro atoms. The first kappa shape index (κ1) is 11.3. The molecule has 16 heavy (non-hydrogen) atoms. The zero-order chi connectivity index (χ0) is 11.5. The van der Waals surface area contributed by atoms with Gasteiger partial charge in [-0.15, -0.1) is 0 Å². The van der Waals surface area contributed by atoms with E-state index in [9.17, 15) is 9.59 Å². The maximum absolute atomic E-state index is 11.8. The normalized spacial score (nSPS) is 17.4. The van der Waals surface area contributed by atoms with Crippen LogP contribution in [0, 0.1) is 0 Å². The van der Waals surface area contributed by atoms with Gasteiger partial charge in [0.15, 0.2) is 0 Å². The molecule has 0 atom stereocenters. The number of nitrogens with zero attached hydrogens (tertiary/aromatic N) is 2. The number of rotatable bonds is 1. The molecule has 0 aliphatic carbocycles. The molecule has 1 saturated heterocycles. The lowest BCUT2D eigenvalue weighted by molar-refractivity contribution is -0.125. The van der Waals surface area contributed by atoms with E-state index in [4.69, 9.17) is 0 Å². The lowest BCUT2D eigenvalue weighted by Gasteiger charge is -2.19. The fraction of sp³-hybridized carbons (Fsp3) is 0.364. The van der Waals surface area contributed by atoms with E-state index in [1.165, 1.54) is 4.90 Å². The molecule has 1 aromatic heterocycles. The topological polar surface area (TPSA) is 50.3 Å². The van der Waals surface area contributed by atoms with E-state index >= 15 is 0 Å². The van der Waals surface area contributed by atoms with Crippen LogP contribution >= 0.6 is 15.9 Å².